The molecule has 12 heteroatoms. The second-order valence-corrected chi connectivity index (χ2v) is 10.7. The smallest absolute Gasteiger partial charge is 0.255 e. The van der Waals surface area contributed by atoms with Crippen LogP contribution in [0.5, 0.6) is 23.0 Å². The van der Waals surface area contributed by atoms with Crippen LogP contribution in [0.3, 0.4) is 0 Å². The summed E-state index contributed by atoms with van der Waals surface area (Å²) in [6.07, 6.45) is -3.87. The Morgan fingerprint density at radius 2 is 1.73 bits per heavy atom. The number of aliphatic hydroxyl groups is 2. The van der Waals surface area contributed by atoms with E-state index in [0.29, 0.717) is 17.1 Å². The zero-order chi connectivity index (χ0) is 31.8. The summed E-state index contributed by atoms with van der Waals surface area (Å²) in [6, 6.07) is 14.6. The summed E-state index contributed by atoms with van der Waals surface area (Å²) in [4.78, 5) is 26.5. The van der Waals surface area contributed by atoms with Gasteiger partial charge in [-0.3, -0.25) is 9.59 Å². The number of fused-ring (bicyclic) bond motifs is 1. The summed E-state index contributed by atoms with van der Waals surface area (Å²) in [5, 5.41) is 34.1. The number of rotatable bonds is 8. The number of phenols is 1. The van der Waals surface area contributed by atoms with E-state index in [2.05, 4.69) is 5.32 Å². The van der Waals surface area contributed by atoms with Crippen molar-refractivity contribution in [3.8, 4) is 34.1 Å². The second kappa shape index (κ2) is 12.2. The van der Waals surface area contributed by atoms with Gasteiger partial charge >= 0.3 is 0 Å². The van der Waals surface area contributed by atoms with Crippen LogP contribution >= 0.6 is 0 Å². The van der Waals surface area contributed by atoms with Crippen molar-refractivity contribution in [1.82, 2.24) is 0 Å². The molecule has 0 unspecified atom stereocenters. The normalized spacial score (nSPS) is 21.1. The third-order valence-corrected chi connectivity index (χ3v) is 7.47. The van der Waals surface area contributed by atoms with Crippen LogP contribution in [0.1, 0.15) is 24.2 Å². The monoisotopic (exact) mass is 607 g/mol. The zero-order valence-corrected chi connectivity index (χ0v) is 24.7. The summed E-state index contributed by atoms with van der Waals surface area (Å²) in [6.45, 7) is 3.34. The number of amides is 1. The topological polar surface area (TPSA) is 166 Å². The minimum Gasteiger partial charge on any atom is -0.507 e. The number of anilines is 1. The predicted molar refractivity (Wildman–Crippen MR) is 159 cm³/mol. The van der Waals surface area contributed by atoms with E-state index in [9.17, 15) is 24.9 Å². The molecule has 1 aliphatic rings. The number of aromatic hydroxyl groups is 1. The fourth-order valence-electron chi connectivity index (χ4n) is 5.26. The molecule has 1 saturated heterocycles. The Morgan fingerprint density at radius 3 is 2.43 bits per heavy atom. The first-order valence-electron chi connectivity index (χ1n) is 13.6. The Balaban J connectivity index is 1.40. The van der Waals surface area contributed by atoms with Crippen molar-refractivity contribution in [1.29, 1.82) is 0 Å². The predicted octanol–water partition coefficient (Wildman–Crippen LogP) is 3.69. The maximum atomic E-state index is 13.3. The number of carbonyl (C=O) groups excluding carboxylic acids is 1. The van der Waals surface area contributed by atoms with Crippen LogP contribution in [-0.2, 0) is 9.47 Å². The quantitative estimate of drug-likeness (QED) is 0.231. The Bertz CT molecular complexity index is 1750. The fraction of sp³-hybridized carbons (Fsp3) is 0.312. The third kappa shape index (κ3) is 5.80. The van der Waals surface area contributed by atoms with Crippen LogP contribution in [0.2, 0.25) is 0 Å². The summed E-state index contributed by atoms with van der Waals surface area (Å²) in [5.74, 6) is 0.0749. The first kappa shape index (κ1) is 30.8. The van der Waals surface area contributed by atoms with Crippen molar-refractivity contribution in [2.45, 2.75) is 44.1 Å². The largest absolute Gasteiger partial charge is 0.507 e. The van der Waals surface area contributed by atoms with Crippen LogP contribution in [0.25, 0.3) is 22.1 Å². The molecule has 0 bridgehead atoms. The van der Waals surface area contributed by atoms with Gasteiger partial charge in [-0.15, -0.1) is 0 Å². The molecule has 4 atom stereocenters. The molecule has 12 nitrogen and oxygen atoms in total. The number of aliphatic hydroxyl groups excluding tert-OH is 2. The van der Waals surface area contributed by atoms with Gasteiger partial charge in [-0.25, -0.2) is 0 Å². The standard InChI is InChI=1S/C32H33NO11/c1-32(2)29(41-5)27(36)28(37)31(44-32)43-19-13-22(34)25-24(14-19)42-15-21(26(25)35)33-30(38)17-9-10-23(40-4)20(12-17)16-7-6-8-18(11-16)39-3/h6-15,27-29,31,34,36-37H,1-5H3,(H,33,38)/t27-,28+,29+,31+/m0/s1. The number of hydrogen-bond donors (Lipinski definition) is 4. The lowest BCUT2D eigenvalue weighted by Gasteiger charge is -2.46. The van der Waals surface area contributed by atoms with E-state index in [1.807, 2.05) is 12.1 Å². The lowest BCUT2D eigenvalue weighted by molar-refractivity contribution is -0.305. The molecule has 2 heterocycles. The number of hydrogen-bond acceptors (Lipinski definition) is 11. The maximum Gasteiger partial charge on any atom is 0.255 e. The van der Waals surface area contributed by atoms with E-state index in [-0.39, 0.29) is 28.0 Å². The molecule has 0 saturated carbocycles. The summed E-state index contributed by atoms with van der Waals surface area (Å²) < 4.78 is 33.2. The van der Waals surface area contributed by atoms with Gasteiger partial charge in [0.1, 0.15) is 64.2 Å². The van der Waals surface area contributed by atoms with Gasteiger partial charge in [-0.05, 0) is 49.7 Å². The molecule has 4 aromatic rings. The highest BCUT2D eigenvalue weighted by Crippen LogP contribution is 2.36. The molecule has 0 aliphatic carbocycles. The highest BCUT2D eigenvalue weighted by atomic mass is 16.7. The highest BCUT2D eigenvalue weighted by molar-refractivity contribution is 6.06. The van der Waals surface area contributed by atoms with Crippen molar-refractivity contribution in [2.75, 3.05) is 26.6 Å². The third-order valence-electron chi connectivity index (χ3n) is 7.47. The molecule has 1 aliphatic heterocycles. The summed E-state index contributed by atoms with van der Waals surface area (Å²) in [5.41, 5.74) is -0.335. The number of methoxy groups -OCH3 is 3. The van der Waals surface area contributed by atoms with Crippen LogP contribution in [0.4, 0.5) is 5.69 Å². The van der Waals surface area contributed by atoms with E-state index in [4.69, 9.17) is 28.1 Å². The van der Waals surface area contributed by atoms with E-state index < -0.39 is 47.3 Å². The molecular weight excluding hydrogens is 574 g/mol. The van der Waals surface area contributed by atoms with Gasteiger partial charge in [-0.2, -0.15) is 0 Å². The van der Waals surface area contributed by atoms with Gasteiger partial charge in [0.05, 0.1) is 19.8 Å². The van der Waals surface area contributed by atoms with Crippen LogP contribution in [0, 0.1) is 0 Å². The van der Waals surface area contributed by atoms with Crippen molar-refractivity contribution < 1.29 is 48.2 Å². The average molecular weight is 608 g/mol. The van der Waals surface area contributed by atoms with E-state index in [1.165, 1.54) is 20.3 Å². The van der Waals surface area contributed by atoms with Crippen LogP contribution in [0.15, 0.2) is 70.1 Å². The van der Waals surface area contributed by atoms with Gasteiger partial charge in [0.25, 0.3) is 5.91 Å². The lowest BCUT2D eigenvalue weighted by Crippen LogP contribution is -2.63. The molecule has 232 valence electrons. The number of phenolic OH excluding ortho intramolecular Hbond substituents is 1. The molecule has 0 radical (unpaired) electrons. The van der Waals surface area contributed by atoms with Crippen LogP contribution in [-0.4, -0.2) is 72.8 Å². The molecule has 5 rings (SSSR count). The minimum atomic E-state index is -1.47. The minimum absolute atomic E-state index is 0.00107. The zero-order valence-electron chi connectivity index (χ0n) is 24.7. The molecule has 1 amide bonds. The molecule has 4 N–H and O–H groups in total. The van der Waals surface area contributed by atoms with Crippen molar-refractivity contribution >= 4 is 22.6 Å². The number of carbonyl (C=O) groups is 1. The first-order chi connectivity index (χ1) is 21.0. The van der Waals surface area contributed by atoms with Gasteiger partial charge in [0.15, 0.2) is 0 Å². The van der Waals surface area contributed by atoms with Gasteiger partial charge in [-0.1, -0.05) is 12.1 Å². The Morgan fingerprint density at radius 1 is 0.955 bits per heavy atom. The van der Waals surface area contributed by atoms with Gasteiger partial charge < -0.3 is 48.7 Å². The number of benzene rings is 3. The first-order valence-corrected chi connectivity index (χ1v) is 13.6. The number of ether oxygens (including phenoxy) is 5. The highest BCUT2D eigenvalue weighted by Gasteiger charge is 2.50. The van der Waals surface area contributed by atoms with Crippen molar-refractivity contribution in [2.24, 2.45) is 0 Å². The Hall–Kier alpha value is -4.62. The molecular formula is C32H33NO11. The molecule has 1 fully saturated rings. The van der Waals surface area contributed by atoms with Crippen molar-refractivity contribution in [3.05, 3.63) is 76.6 Å². The lowest BCUT2D eigenvalue weighted by atomic mass is 9.89. The SMILES string of the molecule is COc1cccc(-c2cc(C(=O)Nc3coc4cc(O[C@@H]5OC(C)(C)[C@H](OC)[C@@H](O)[C@H]5O)cc(O)c4c3=O)ccc2OC)c1. The van der Waals surface area contributed by atoms with Crippen molar-refractivity contribution in [3.63, 3.8) is 0 Å². The molecule has 3 aromatic carbocycles. The van der Waals surface area contributed by atoms with Gasteiger partial charge in [0.2, 0.25) is 11.7 Å². The van der Waals surface area contributed by atoms with E-state index in [0.717, 1.165) is 17.9 Å². The van der Waals surface area contributed by atoms with E-state index >= 15 is 0 Å². The second-order valence-electron chi connectivity index (χ2n) is 10.7. The Labute approximate surface area is 252 Å². The molecule has 1 aromatic heterocycles. The fourth-order valence-corrected chi connectivity index (χ4v) is 5.26. The van der Waals surface area contributed by atoms with E-state index in [1.54, 1.807) is 51.3 Å². The summed E-state index contributed by atoms with van der Waals surface area (Å²) >= 11 is 0. The van der Waals surface area contributed by atoms with Gasteiger partial charge in [0, 0.05) is 30.4 Å². The number of nitrogens with one attached hydrogen (secondary N) is 1. The molecule has 0 spiro atoms. The maximum absolute atomic E-state index is 13.3. The van der Waals surface area contributed by atoms with Crippen LogP contribution < -0.4 is 25.0 Å². The average Bonchev–Trinajstić information content (AvgIpc) is 3.00. The Kier molecular flexibility index (Phi) is 8.53. The summed E-state index contributed by atoms with van der Waals surface area (Å²) in [7, 11) is 4.47. The molecule has 44 heavy (non-hydrogen) atoms.